The summed E-state index contributed by atoms with van der Waals surface area (Å²) in [6.45, 7) is 0. The fourth-order valence-electron chi connectivity index (χ4n) is 0.402. The third-order valence-corrected chi connectivity index (χ3v) is 0.806. The molecule has 0 aromatic rings. The van der Waals surface area contributed by atoms with Crippen LogP contribution in [0.3, 0.4) is 0 Å². The summed E-state index contributed by atoms with van der Waals surface area (Å²) in [5.74, 6) is -0.818. The number of carbonyl (C=O) groups is 1. The number of hydrogen-bond acceptors (Lipinski definition) is 3. The van der Waals surface area contributed by atoms with Gasteiger partial charge in [-0.1, -0.05) is 0 Å². The summed E-state index contributed by atoms with van der Waals surface area (Å²) in [7, 11) is 0. The molecule has 4 heteroatoms. The minimum Gasteiger partial charge on any atom is -0.481 e. The number of carboxylic acid groups (broad SMARTS) is 1. The van der Waals surface area contributed by atoms with Gasteiger partial charge in [-0.05, 0) is 12.8 Å². The zero-order chi connectivity index (χ0) is 7.11. The van der Waals surface area contributed by atoms with Crippen molar-refractivity contribution in [3.05, 3.63) is 0 Å². The smallest absolute Gasteiger partial charge is 0.303 e. The zero-order valence-corrected chi connectivity index (χ0v) is 4.95. The van der Waals surface area contributed by atoms with Crippen molar-refractivity contribution >= 4 is 12.2 Å². The van der Waals surface area contributed by atoms with Gasteiger partial charge in [-0.2, -0.15) is 0 Å². The number of rotatable bonds is 4. The van der Waals surface area contributed by atoms with Crippen molar-refractivity contribution < 1.29 is 15.1 Å². The molecule has 0 amide bonds. The van der Waals surface area contributed by atoms with Gasteiger partial charge in [-0.15, -0.1) is 5.16 Å². The molecule has 0 aromatic heterocycles. The van der Waals surface area contributed by atoms with E-state index in [2.05, 4.69) is 5.16 Å². The first-order valence-corrected chi connectivity index (χ1v) is 2.65. The summed E-state index contributed by atoms with van der Waals surface area (Å²) in [6, 6.07) is 0. The molecule has 0 rings (SSSR count). The number of aliphatic carboxylic acids is 1. The van der Waals surface area contributed by atoms with Crippen LogP contribution in [0.2, 0.25) is 0 Å². The molecule has 4 nitrogen and oxygen atoms in total. The van der Waals surface area contributed by atoms with Gasteiger partial charge in [0.25, 0.3) is 0 Å². The summed E-state index contributed by atoms with van der Waals surface area (Å²) in [5, 5.41) is 18.7. The Bertz CT molecular complexity index is 111. The molecule has 0 aliphatic carbocycles. The Balaban J connectivity index is 3.01. The largest absolute Gasteiger partial charge is 0.481 e. The highest BCUT2D eigenvalue weighted by atomic mass is 16.4. The van der Waals surface area contributed by atoms with Crippen LogP contribution in [0, 0.1) is 0 Å². The lowest BCUT2D eigenvalue weighted by Crippen LogP contribution is -1.93. The second-order valence-corrected chi connectivity index (χ2v) is 1.58. The number of hydrogen-bond donors (Lipinski definition) is 2. The van der Waals surface area contributed by atoms with E-state index >= 15 is 0 Å². The maximum Gasteiger partial charge on any atom is 0.303 e. The highest BCUT2D eigenvalue weighted by Crippen LogP contribution is 1.91. The second-order valence-electron chi connectivity index (χ2n) is 1.58. The van der Waals surface area contributed by atoms with E-state index in [1.54, 1.807) is 0 Å². The lowest BCUT2D eigenvalue weighted by molar-refractivity contribution is -0.137. The lowest BCUT2D eigenvalue weighted by Gasteiger charge is -1.87. The molecule has 0 saturated heterocycles. The molecule has 0 atom stereocenters. The van der Waals surface area contributed by atoms with Crippen molar-refractivity contribution in [2.45, 2.75) is 19.3 Å². The van der Waals surface area contributed by atoms with E-state index in [0.29, 0.717) is 12.8 Å². The molecule has 2 N–H and O–H groups in total. The molecule has 9 heavy (non-hydrogen) atoms. The van der Waals surface area contributed by atoms with Gasteiger partial charge < -0.3 is 10.3 Å². The van der Waals surface area contributed by atoms with Gasteiger partial charge in [0.15, 0.2) is 0 Å². The van der Waals surface area contributed by atoms with Crippen LogP contribution in [0.15, 0.2) is 5.16 Å². The van der Waals surface area contributed by atoms with Gasteiger partial charge in [-0.3, -0.25) is 4.79 Å². The Kier molecular flexibility index (Phi) is 4.49. The van der Waals surface area contributed by atoms with Crippen molar-refractivity contribution in [3.8, 4) is 0 Å². The Labute approximate surface area is 52.8 Å². The first kappa shape index (κ1) is 7.94. The van der Waals surface area contributed by atoms with E-state index in [4.69, 9.17) is 10.3 Å². The normalized spacial score (nSPS) is 10.2. The molecule has 0 fully saturated rings. The summed E-state index contributed by atoms with van der Waals surface area (Å²) >= 11 is 0. The summed E-state index contributed by atoms with van der Waals surface area (Å²) < 4.78 is 0. The topological polar surface area (TPSA) is 69.9 Å². The van der Waals surface area contributed by atoms with E-state index < -0.39 is 5.97 Å². The predicted molar refractivity (Wildman–Crippen MR) is 31.8 cm³/mol. The van der Waals surface area contributed by atoms with Crippen LogP contribution in [0.1, 0.15) is 19.3 Å². The first-order valence-electron chi connectivity index (χ1n) is 2.65. The van der Waals surface area contributed by atoms with Gasteiger partial charge >= 0.3 is 5.97 Å². The van der Waals surface area contributed by atoms with Crippen LogP contribution >= 0.6 is 0 Å². The average Bonchev–Trinajstić information content (AvgIpc) is 1.80. The lowest BCUT2D eigenvalue weighted by atomic mass is 10.2. The van der Waals surface area contributed by atoms with E-state index in [9.17, 15) is 4.79 Å². The molecule has 0 bridgehead atoms. The Hall–Kier alpha value is -1.06. The fraction of sp³-hybridized carbons (Fsp3) is 0.600. The van der Waals surface area contributed by atoms with Gasteiger partial charge in [0.2, 0.25) is 0 Å². The van der Waals surface area contributed by atoms with Crippen LogP contribution in [-0.4, -0.2) is 22.5 Å². The predicted octanol–water partition coefficient (Wildman–Crippen LogP) is 0.701. The minimum absolute atomic E-state index is 0.131. The van der Waals surface area contributed by atoms with E-state index in [1.165, 1.54) is 6.21 Å². The Morgan fingerprint density at radius 2 is 2.33 bits per heavy atom. The van der Waals surface area contributed by atoms with Crippen molar-refractivity contribution in [1.29, 1.82) is 0 Å². The molecule has 52 valence electrons. The van der Waals surface area contributed by atoms with Crippen LogP contribution < -0.4 is 0 Å². The monoisotopic (exact) mass is 131 g/mol. The third-order valence-electron chi connectivity index (χ3n) is 0.806. The summed E-state index contributed by atoms with van der Waals surface area (Å²) in [6.07, 6.45) is 2.46. The second kappa shape index (κ2) is 5.08. The van der Waals surface area contributed by atoms with Crippen molar-refractivity contribution in [2.24, 2.45) is 5.16 Å². The van der Waals surface area contributed by atoms with E-state index in [1.807, 2.05) is 0 Å². The highest BCUT2D eigenvalue weighted by Gasteiger charge is 1.92. The quantitative estimate of drug-likeness (QED) is 0.255. The van der Waals surface area contributed by atoms with Crippen LogP contribution in [0.4, 0.5) is 0 Å². The highest BCUT2D eigenvalue weighted by molar-refractivity contribution is 5.67. The molecular formula is C5H9NO3. The average molecular weight is 131 g/mol. The number of oxime groups is 1. The number of nitrogens with zero attached hydrogens (tertiary/aromatic N) is 1. The van der Waals surface area contributed by atoms with Gasteiger partial charge in [0, 0.05) is 12.6 Å². The van der Waals surface area contributed by atoms with Crippen LogP contribution in [0.5, 0.6) is 0 Å². The van der Waals surface area contributed by atoms with E-state index in [0.717, 1.165) is 0 Å². The number of unbranched alkanes of at least 4 members (excludes halogenated alkanes) is 1. The van der Waals surface area contributed by atoms with Crippen LogP contribution in [-0.2, 0) is 4.79 Å². The maximum absolute atomic E-state index is 9.86. The Morgan fingerprint density at radius 1 is 1.67 bits per heavy atom. The molecule has 0 radical (unpaired) electrons. The first-order chi connectivity index (χ1) is 4.27. The maximum atomic E-state index is 9.86. The summed E-state index contributed by atoms with van der Waals surface area (Å²) in [5.41, 5.74) is 0. The molecule has 0 unspecified atom stereocenters. The Morgan fingerprint density at radius 3 is 2.78 bits per heavy atom. The standard InChI is InChI=1S/C5H9NO3/c7-5(8)3-1-2-4-6-9/h4,9H,1-3H2,(H,7,8)/b6-4+. The fourth-order valence-corrected chi connectivity index (χ4v) is 0.402. The molecular weight excluding hydrogens is 122 g/mol. The van der Waals surface area contributed by atoms with E-state index in [-0.39, 0.29) is 6.42 Å². The molecule has 0 heterocycles. The number of carboxylic acids is 1. The van der Waals surface area contributed by atoms with Gasteiger partial charge in [0.1, 0.15) is 0 Å². The molecule has 0 aliphatic heterocycles. The molecule has 0 aliphatic rings. The molecule has 0 saturated carbocycles. The molecule has 0 aromatic carbocycles. The van der Waals surface area contributed by atoms with Crippen molar-refractivity contribution in [3.63, 3.8) is 0 Å². The summed E-state index contributed by atoms with van der Waals surface area (Å²) in [4.78, 5) is 9.86. The van der Waals surface area contributed by atoms with Crippen LogP contribution in [0.25, 0.3) is 0 Å². The zero-order valence-electron chi connectivity index (χ0n) is 4.95. The van der Waals surface area contributed by atoms with Gasteiger partial charge in [-0.25, -0.2) is 0 Å². The minimum atomic E-state index is -0.818. The van der Waals surface area contributed by atoms with Crippen molar-refractivity contribution in [1.82, 2.24) is 0 Å². The SMILES string of the molecule is O=C(O)CCC/C=N/O. The molecule has 0 spiro atoms. The third kappa shape index (κ3) is 6.94. The van der Waals surface area contributed by atoms with Gasteiger partial charge in [0.05, 0.1) is 0 Å². The van der Waals surface area contributed by atoms with Crippen molar-refractivity contribution in [2.75, 3.05) is 0 Å².